The van der Waals surface area contributed by atoms with Crippen molar-refractivity contribution in [3.05, 3.63) is 18.3 Å². The van der Waals surface area contributed by atoms with Gasteiger partial charge in [0.1, 0.15) is 31.4 Å². The molecule has 2 aromatic rings. The summed E-state index contributed by atoms with van der Waals surface area (Å²) in [6.07, 6.45) is -7.15. The zero-order valence-corrected chi connectivity index (χ0v) is 20.7. The quantitative estimate of drug-likeness (QED) is 0.0964. The van der Waals surface area contributed by atoms with Gasteiger partial charge >= 0.3 is 19.9 Å². The average molecular weight is 583 g/mol. The number of nitrogens with zero attached hydrogens (tertiary/aromatic N) is 4. The molecule has 0 unspecified atom stereocenters. The van der Waals surface area contributed by atoms with Crippen molar-refractivity contribution >= 4 is 24.7 Å². The van der Waals surface area contributed by atoms with Crippen LogP contribution in [0.2, 0.25) is 0 Å². The van der Waals surface area contributed by atoms with Gasteiger partial charge in [0.25, 0.3) is 5.91 Å². The highest BCUT2D eigenvalue weighted by Gasteiger charge is 2.31. The molecule has 0 bridgehead atoms. The average Bonchev–Trinajstić information content (AvgIpc) is 3.25. The second kappa shape index (κ2) is 14.7. The molecule has 2 heterocycles. The molecule has 0 aromatic carbocycles. The molecule has 0 aliphatic heterocycles. The maximum absolute atomic E-state index is 12.7. The molecule has 2 rings (SSSR count). The van der Waals surface area contributed by atoms with Crippen LogP contribution in [0.15, 0.2) is 12.7 Å². The highest BCUT2D eigenvalue weighted by atomic mass is 31.2. The van der Waals surface area contributed by atoms with Gasteiger partial charge in [-0.15, -0.1) is 0 Å². The Kier molecular flexibility index (Phi) is 12.3. The lowest BCUT2D eigenvalue weighted by molar-refractivity contribution is -0.192. The van der Waals surface area contributed by atoms with Gasteiger partial charge in [0.2, 0.25) is 0 Å². The summed E-state index contributed by atoms with van der Waals surface area (Å²) in [6, 6.07) is 0. The van der Waals surface area contributed by atoms with Gasteiger partial charge in [-0.2, -0.15) is 26.3 Å². The minimum Gasteiger partial charge on any atom is -0.367 e. The molecule has 2 aromatic heterocycles. The van der Waals surface area contributed by atoms with Crippen molar-refractivity contribution in [2.45, 2.75) is 32.2 Å². The lowest BCUT2D eigenvalue weighted by Gasteiger charge is -2.19. The molecule has 0 saturated carbocycles. The maximum atomic E-state index is 12.7. The van der Waals surface area contributed by atoms with Gasteiger partial charge in [-0.25, -0.2) is 20.4 Å². The fraction of sp³-hybridized carbons (Fsp3) is 0.667. The van der Waals surface area contributed by atoms with E-state index in [1.54, 1.807) is 0 Å². The van der Waals surface area contributed by atoms with E-state index in [1.165, 1.54) is 10.9 Å². The van der Waals surface area contributed by atoms with Crippen LogP contribution in [0.5, 0.6) is 0 Å². The molecule has 216 valence electrons. The van der Waals surface area contributed by atoms with E-state index in [9.17, 15) is 35.7 Å². The third-order valence-electron chi connectivity index (χ3n) is 4.01. The topological polar surface area (TPSA) is 145 Å². The number of nitrogens with one attached hydrogen (secondary N) is 1. The van der Waals surface area contributed by atoms with Gasteiger partial charge in [0, 0.05) is 6.54 Å². The van der Waals surface area contributed by atoms with Crippen LogP contribution in [0, 0.1) is 0 Å². The second-order valence-corrected chi connectivity index (χ2v) is 9.18. The van der Waals surface area contributed by atoms with E-state index in [-0.39, 0.29) is 36.6 Å². The van der Waals surface area contributed by atoms with E-state index in [1.807, 2.05) is 6.92 Å². The summed E-state index contributed by atoms with van der Waals surface area (Å²) in [5.74, 6) is -0.650. The highest BCUT2D eigenvalue weighted by Crippen LogP contribution is 2.48. The van der Waals surface area contributed by atoms with Gasteiger partial charge in [-0.3, -0.25) is 23.2 Å². The van der Waals surface area contributed by atoms with Crippen LogP contribution in [-0.4, -0.2) is 84.1 Å². The molecule has 0 radical (unpaired) electrons. The minimum absolute atomic E-state index is 0.0239. The van der Waals surface area contributed by atoms with Gasteiger partial charge in [-0.05, 0) is 6.42 Å². The van der Waals surface area contributed by atoms with Gasteiger partial charge in [0.05, 0.1) is 19.5 Å². The predicted octanol–water partition coefficient (Wildman–Crippen LogP) is 3.17. The highest BCUT2D eigenvalue weighted by molar-refractivity contribution is 7.53. The Balaban J connectivity index is 1.94. The molecule has 1 N–H and O–H groups in total. The summed E-state index contributed by atoms with van der Waals surface area (Å²) in [7, 11) is -4.40. The Hall–Kier alpha value is -2.41. The summed E-state index contributed by atoms with van der Waals surface area (Å²) in [4.78, 5) is 29.2. The second-order valence-electron chi connectivity index (χ2n) is 7.18. The lowest BCUT2D eigenvalue weighted by atomic mass is 10.3. The number of hydrogen-bond acceptors (Lipinski definition) is 11. The van der Waals surface area contributed by atoms with Crippen LogP contribution < -0.4 is 5.48 Å². The number of rotatable bonds is 17. The number of fused-ring (bicyclic) bond motifs is 1. The molecule has 0 saturated heterocycles. The first-order valence-electron chi connectivity index (χ1n) is 10.7. The summed E-state index contributed by atoms with van der Waals surface area (Å²) >= 11 is 0. The fourth-order valence-electron chi connectivity index (χ4n) is 2.48. The smallest absolute Gasteiger partial charge is 0.367 e. The zero-order valence-electron chi connectivity index (χ0n) is 19.8. The van der Waals surface area contributed by atoms with E-state index in [4.69, 9.17) is 9.57 Å². The zero-order chi connectivity index (χ0) is 28.2. The number of carbonyl (C=O) groups excluding carboxylic acids is 1. The van der Waals surface area contributed by atoms with Crippen LogP contribution in [0.1, 0.15) is 23.8 Å². The van der Waals surface area contributed by atoms with E-state index < -0.39 is 59.0 Å². The third kappa shape index (κ3) is 11.5. The molecule has 0 spiro atoms. The first kappa shape index (κ1) is 31.8. The summed E-state index contributed by atoms with van der Waals surface area (Å²) in [6.45, 7) is -3.79. The molecule has 0 aliphatic carbocycles. The third-order valence-corrected chi connectivity index (χ3v) is 5.51. The van der Waals surface area contributed by atoms with E-state index >= 15 is 0 Å². The minimum atomic E-state index is -4.69. The van der Waals surface area contributed by atoms with Crippen molar-refractivity contribution in [3.8, 4) is 0 Å². The number of amides is 1. The SMILES string of the molecule is CCCONC(=O)c1ncnc2c1ncn2CCOCP(=O)(OCOCC(F)(F)F)OCOCC(F)(F)F. The van der Waals surface area contributed by atoms with Gasteiger partial charge in [-0.1, -0.05) is 6.92 Å². The number of imidazole rings is 1. The lowest BCUT2D eigenvalue weighted by Crippen LogP contribution is -2.25. The van der Waals surface area contributed by atoms with Crippen LogP contribution >= 0.6 is 7.60 Å². The number of aromatic nitrogens is 4. The van der Waals surface area contributed by atoms with Gasteiger partial charge < -0.3 is 18.8 Å². The number of carbonyl (C=O) groups is 1. The van der Waals surface area contributed by atoms with Crippen LogP contribution in [0.4, 0.5) is 26.3 Å². The van der Waals surface area contributed by atoms with E-state index in [0.717, 1.165) is 6.33 Å². The number of hydroxylamine groups is 1. The summed E-state index contributed by atoms with van der Waals surface area (Å²) in [5, 5.41) is 0. The molecule has 1 amide bonds. The Morgan fingerprint density at radius 2 is 1.61 bits per heavy atom. The van der Waals surface area contributed by atoms with Crippen molar-refractivity contribution in [2.75, 3.05) is 46.4 Å². The van der Waals surface area contributed by atoms with Crippen molar-refractivity contribution < 1.29 is 63.8 Å². The van der Waals surface area contributed by atoms with E-state index in [0.29, 0.717) is 6.42 Å². The molecular formula is C18H24F6N5O8P. The standard InChI is InChI=1S/C18H24F6N5O8P/c1-2-4-35-28-16(30)14-13-15(26-8-25-14)29(9-27-13)3-5-32-12-38(31,36-10-33-6-17(19,20)21)37-11-34-7-18(22,23)24/h8-9H,2-7,10-12H2,1H3,(H,28,30). The Morgan fingerprint density at radius 1 is 0.974 bits per heavy atom. The van der Waals surface area contributed by atoms with Crippen molar-refractivity contribution in [1.82, 2.24) is 25.0 Å². The molecular weight excluding hydrogens is 559 g/mol. The normalized spacial score (nSPS) is 12.8. The monoisotopic (exact) mass is 583 g/mol. The largest absolute Gasteiger partial charge is 0.411 e. The van der Waals surface area contributed by atoms with Crippen molar-refractivity contribution in [1.29, 1.82) is 0 Å². The number of alkyl halides is 6. The fourth-order valence-corrected chi connectivity index (χ4v) is 3.53. The number of hydrogen-bond donors (Lipinski definition) is 1. The Labute approximate surface area is 211 Å². The molecule has 38 heavy (non-hydrogen) atoms. The molecule has 0 aliphatic rings. The van der Waals surface area contributed by atoms with Crippen molar-refractivity contribution in [3.63, 3.8) is 0 Å². The molecule has 0 fully saturated rings. The molecule has 0 atom stereocenters. The maximum Gasteiger partial charge on any atom is 0.411 e. The van der Waals surface area contributed by atoms with E-state index in [2.05, 4.69) is 39.0 Å². The summed E-state index contributed by atoms with van der Waals surface area (Å²) < 4.78 is 110. The van der Waals surface area contributed by atoms with Crippen LogP contribution in [-0.2, 0) is 39.2 Å². The first-order valence-corrected chi connectivity index (χ1v) is 12.4. The molecule has 13 nitrogen and oxygen atoms in total. The van der Waals surface area contributed by atoms with Crippen molar-refractivity contribution in [2.24, 2.45) is 0 Å². The Bertz CT molecular complexity index is 1040. The Morgan fingerprint density at radius 3 is 2.18 bits per heavy atom. The first-order chi connectivity index (χ1) is 17.8. The number of halogens is 6. The van der Waals surface area contributed by atoms with Crippen LogP contribution in [0.3, 0.4) is 0 Å². The van der Waals surface area contributed by atoms with Crippen LogP contribution in [0.25, 0.3) is 11.2 Å². The van der Waals surface area contributed by atoms with Gasteiger partial charge in [0.15, 0.2) is 24.9 Å². The summed E-state index contributed by atoms with van der Waals surface area (Å²) in [5.41, 5.74) is 2.54. The predicted molar refractivity (Wildman–Crippen MR) is 113 cm³/mol. The number of ether oxygens (including phenoxy) is 3. The molecule has 20 heteroatoms.